The van der Waals surface area contributed by atoms with E-state index in [1.165, 1.54) is 6.07 Å². The lowest BCUT2D eigenvalue weighted by Crippen LogP contribution is -2.18. The van der Waals surface area contributed by atoms with Crippen molar-refractivity contribution in [3.05, 3.63) is 35.1 Å². The Morgan fingerprint density at radius 3 is 2.88 bits per heavy atom. The van der Waals surface area contributed by atoms with Crippen LogP contribution in [0.5, 0.6) is 0 Å². The summed E-state index contributed by atoms with van der Waals surface area (Å²) in [7, 11) is 0. The molecule has 0 aliphatic carbocycles. The van der Waals surface area contributed by atoms with Crippen LogP contribution in [0.4, 0.5) is 4.39 Å². The minimum Gasteiger partial charge on any atom is -0.390 e. The lowest BCUT2D eigenvalue weighted by molar-refractivity contribution is 0.0855. The van der Waals surface area contributed by atoms with Gasteiger partial charge in [-0.3, -0.25) is 0 Å². The second kappa shape index (κ2) is 4.42. The predicted molar refractivity (Wildman–Crippen MR) is 62.5 cm³/mol. The van der Waals surface area contributed by atoms with Crippen LogP contribution in [0.2, 0.25) is 0 Å². The molecule has 2 rings (SSSR count). The summed E-state index contributed by atoms with van der Waals surface area (Å²) in [6.07, 6.45) is 0.595. The molecule has 2 atom stereocenters. The quantitative estimate of drug-likeness (QED) is 0.729. The SMILES string of the molecule is Cc1cc(C2=NOC(C(C)Cl)C2)ccc1F. The molecular formula is C12H13ClFNO. The summed E-state index contributed by atoms with van der Waals surface area (Å²) in [5, 5.41) is 3.91. The molecule has 1 aromatic rings. The van der Waals surface area contributed by atoms with Gasteiger partial charge in [0.1, 0.15) is 11.9 Å². The van der Waals surface area contributed by atoms with Crippen LogP contribution in [0.15, 0.2) is 23.4 Å². The highest BCUT2D eigenvalue weighted by Gasteiger charge is 2.26. The van der Waals surface area contributed by atoms with Crippen molar-refractivity contribution in [1.29, 1.82) is 0 Å². The Morgan fingerprint density at radius 1 is 1.56 bits per heavy atom. The zero-order chi connectivity index (χ0) is 11.7. The fourth-order valence-electron chi connectivity index (χ4n) is 1.64. The molecule has 0 aromatic heterocycles. The van der Waals surface area contributed by atoms with E-state index in [0.717, 1.165) is 11.3 Å². The van der Waals surface area contributed by atoms with Gasteiger partial charge in [0.05, 0.1) is 11.1 Å². The molecule has 0 bridgehead atoms. The molecule has 16 heavy (non-hydrogen) atoms. The summed E-state index contributed by atoms with van der Waals surface area (Å²) in [5.41, 5.74) is 2.35. The van der Waals surface area contributed by atoms with Crippen LogP contribution < -0.4 is 0 Å². The second-order valence-electron chi connectivity index (χ2n) is 4.03. The standard InChI is InChI=1S/C12H13ClFNO/c1-7-5-9(3-4-10(7)14)11-6-12(8(2)13)16-15-11/h3-5,8,12H,6H2,1-2H3. The maximum Gasteiger partial charge on any atom is 0.149 e. The molecule has 0 fully saturated rings. The number of benzene rings is 1. The number of hydrogen-bond donors (Lipinski definition) is 0. The molecule has 1 aliphatic heterocycles. The lowest BCUT2D eigenvalue weighted by Gasteiger charge is -2.09. The zero-order valence-electron chi connectivity index (χ0n) is 9.21. The summed E-state index contributed by atoms with van der Waals surface area (Å²) in [6.45, 7) is 3.61. The maximum absolute atomic E-state index is 13.1. The molecule has 2 nitrogen and oxygen atoms in total. The molecule has 2 unspecified atom stereocenters. The van der Waals surface area contributed by atoms with Gasteiger partial charge in [0.25, 0.3) is 0 Å². The van der Waals surface area contributed by atoms with Gasteiger partial charge in [0, 0.05) is 6.42 Å². The van der Waals surface area contributed by atoms with Crippen molar-refractivity contribution in [2.24, 2.45) is 5.16 Å². The fraction of sp³-hybridized carbons (Fsp3) is 0.417. The number of rotatable bonds is 2. The summed E-state index contributed by atoms with van der Waals surface area (Å²) in [6, 6.07) is 4.94. The van der Waals surface area contributed by atoms with Gasteiger partial charge in [0.15, 0.2) is 0 Å². The van der Waals surface area contributed by atoms with E-state index in [2.05, 4.69) is 5.16 Å². The van der Waals surface area contributed by atoms with Crippen LogP contribution in [0.3, 0.4) is 0 Å². The average Bonchev–Trinajstić information content (AvgIpc) is 2.71. The van der Waals surface area contributed by atoms with Crippen molar-refractivity contribution in [3.8, 4) is 0 Å². The third-order valence-corrected chi connectivity index (χ3v) is 2.98. The van der Waals surface area contributed by atoms with Crippen molar-refractivity contribution in [3.63, 3.8) is 0 Å². The van der Waals surface area contributed by atoms with E-state index in [1.807, 2.05) is 6.92 Å². The van der Waals surface area contributed by atoms with Crippen molar-refractivity contribution in [1.82, 2.24) is 0 Å². The van der Waals surface area contributed by atoms with Gasteiger partial charge in [-0.05, 0) is 37.1 Å². The second-order valence-corrected chi connectivity index (χ2v) is 4.72. The Hall–Kier alpha value is -1.09. The first-order valence-corrected chi connectivity index (χ1v) is 5.65. The maximum atomic E-state index is 13.1. The van der Waals surface area contributed by atoms with E-state index >= 15 is 0 Å². The third-order valence-electron chi connectivity index (χ3n) is 2.70. The molecule has 1 heterocycles. The van der Waals surface area contributed by atoms with Gasteiger partial charge in [-0.2, -0.15) is 0 Å². The monoisotopic (exact) mass is 241 g/mol. The highest BCUT2D eigenvalue weighted by Crippen LogP contribution is 2.22. The topological polar surface area (TPSA) is 21.6 Å². The van der Waals surface area contributed by atoms with E-state index in [-0.39, 0.29) is 17.3 Å². The molecule has 0 N–H and O–H groups in total. The molecule has 86 valence electrons. The van der Waals surface area contributed by atoms with E-state index in [0.29, 0.717) is 12.0 Å². The largest absolute Gasteiger partial charge is 0.390 e. The van der Waals surface area contributed by atoms with Gasteiger partial charge in [-0.25, -0.2) is 4.39 Å². The van der Waals surface area contributed by atoms with Crippen LogP contribution >= 0.6 is 11.6 Å². The summed E-state index contributed by atoms with van der Waals surface area (Å²) in [4.78, 5) is 5.21. The first-order valence-electron chi connectivity index (χ1n) is 5.21. The van der Waals surface area contributed by atoms with Crippen LogP contribution in [0.25, 0.3) is 0 Å². The van der Waals surface area contributed by atoms with Crippen molar-refractivity contribution in [2.75, 3.05) is 0 Å². The summed E-state index contributed by atoms with van der Waals surface area (Å²) in [5.74, 6) is -0.203. The molecule has 0 saturated heterocycles. The van der Waals surface area contributed by atoms with Crippen LogP contribution in [0.1, 0.15) is 24.5 Å². The summed E-state index contributed by atoms with van der Waals surface area (Å²) < 4.78 is 13.1. The van der Waals surface area contributed by atoms with Gasteiger partial charge in [0.2, 0.25) is 0 Å². The molecule has 1 aliphatic rings. The highest BCUT2D eigenvalue weighted by molar-refractivity contribution is 6.21. The Labute approximate surface area is 99.0 Å². The van der Waals surface area contributed by atoms with E-state index in [9.17, 15) is 4.39 Å². The molecular weight excluding hydrogens is 229 g/mol. The van der Waals surface area contributed by atoms with Gasteiger partial charge >= 0.3 is 0 Å². The average molecular weight is 242 g/mol. The highest BCUT2D eigenvalue weighted by atomic mass is 35.5. The molecule has 0 radical (unpaired) electrons. The first-order chi connectivity index (χ1) is 7.58. The molecule has 1 aromatic carbocycles. The predicted octanol–water partition coefficient (Wildman–Crippen LogP) is 3.25. The smallest absolute Gasteiger partial charge is 0.149 e. The zero-order valence-corrected chi connectivity index (χ0v) is 9.96. The Morgan fingerprint density at radius 2 is 2.31 bits per heavy atom. The van der Waals surface area contributed by atoms with Gasteiger partial charge in [-0.1, -0.05) is 11.2 Å². The molecule has 0 amide bonds. The van der Waals surface area contributed by atoms with Crippen LogP contribution in [0, 0.1) is 12.7 Å². The van der Waals surface area contributed by atoms with Gasteiger partial charge < -0.3 is 4.84 Å². The molecule has 0 saturated carbocycles. The van der Waals surface area contributed by atoms with Crippen molar-refractivity contribution >= 4 is 17.3 Å². The number of hydrogen-bond acceptors (Lipinski definition) is 2. The Bertz CT molecular complexity index is 431. The number of oxime groups is 1. The van der Waals surface area contributed by atoms with Gasteiger partial charge in [-0.15, -0.1) is 11.6 Å². The van der Waals surface area contributed by atoms with Crippen molar-refractivity contribution in [2.45, 2.75) is 31.7 Å². The summed E-state index contributed by atoms with van der Waals surface area (Å²) >= 11 is 5.93. The Balaban J connectivity index is 2.18. The number of halogens is 2. The third kappa shape index (κ3) is 2.19. The normalized spacial score (nSPS) is 21.5. The van der Waals surface area contributed by atoms with Crippen molar-refractivity contribution < 1.29 is 9.23 Å². The number of nitrogens with zero attached hydrogens (tertiary/aromatic N) is 1. The van der Waals surface area contributed by atoms with Crippen LogP contribution in [-0.2, 0) is 4.84 Å². The molecule has 4 heteroatoms. The lowest BCUT2D eigenvalue weighted by atomic mass is 10.0. The number of aryl methyl sites for hydroxylation is 1. The first kappa shape index (κ1) is 11.4. The minimum absolute atomic E-state index is 0.0807. The molecule has 0 spiro atoms. The Kier molecular flexibility index (Phi) is 3.15. The minimum atomic E-state index is -0.203. The van der Waals surface area contributed by atoms with E-state index < -0.39 is 0 Å². The number of alkyl halides is 1. The van der Waals surface area contributed by atoms with E-state index in [1.54, 1.807) is 19.1 Å². The fourth-order valence-corrected chi connectivity index (χ4v) is 1.77. The van der Waals surface area contributed by atoms with Crippen LogP contribution in [-0.4, -0.2) is 17.2 Å². The van der Waals surface area contributed by atoms with E-state index in [4.69, 9.17) is 16.4 Å².